The van der Waals surface area contributed by atoms with Crippen LogP contribution in [0.5, 0.6) is 0 Å². The highest BCUT2D eigenvalue weighted by molar-refractivity contribution is 5.05. The summed E-state index contributed by atoms with van der Waals surface area (Å²) in [6.45, 7) is 13.1. The van der Waals surface area contributed by atoms with Gasteiger partial charge in [-0.05, 0) is 27.7 Å². The smallest absolute Gasteiger partial charge is 0.0534 e. The Bertz CT molecular complexity index is 367. The average Bonchev–Trinajstić information content (AvgIpc) is 2.64. The Labute approximate surface area is 104 Å². The molecule has 0 saturated carbocycles. The Morgan fingerprint density at radius 2 is 2.24 bits per heavy atom. The van der Waals surface area contributed by atoms with Crippen LogP contribution in [0.15, 0.2) is 12.4 Å². The predicted molar refractivity (Wildman–Crippen MR) is 70.0 cm³/mol. The highest BCUT2D eigenvalue weighted by Crippen LogP contribution is 2.14. The minimum absolute atomic E-state index is 0.228. The van der Waals surface area contributed by atoms with E-state index in [9.17, 15) is 0 Å². The van der Waals surface area contributed by atoms with Gasteiger partial charge in [-0.1, -0.05) is 0 Å². The molecule has 0 spiro atoms. The first-order chi connectivity index (χ1) is 7.96. The van der Waals surface area contributed by atoms with Gasteiger partial charge in [-0.3, -0.25) is 9.58 Å². The van der Waals surface area contributed by atoms with Gasteiger partial charge in [0.1, 0.15) is 0 Å². The number of hydrogen-bond donors (Lipinski definition) is 1. The van der Waals surface area contributed by atoms with Gasteiger partial charge in [-0.25, -0.2) is 0 Å². The Morgan fingerprint density at radius 3 is 2.82 bits per heavy atom. The van der Waals surface area contributed by atoms with Crippen molar-refractivity contribution in [1.82, 2.24) is 20.0 Å². The second kappa shape index (κ2) is 4.78. The molecule has 1 fully saturated rings. The van der Waals surface area contributed by atoms with Crippen molar-refractivity contribution in [3.8, 4) is 0 Å². The topological polar surface area (TPSA) is 33.1 Å². The molecule has 1 aliphatic rings. The molecule has 2 heterocycles. The third kappa shape index (κ3) is 3.30. The summed E-state index contributed by atoms with van der Waals surface area (Å²) < 4.78 is 2.03. The number of nitrogens with zero attached hydrogens (tertiary/aromatic N) is 3. The quantitative estimate of drug-likeness (QED) is 0.866. The molecule has 96 valence electrons. The van der Waals surface area contributed by atoms with Gasteiger partial charge in [0.05, 0.1) is 6.20 Å². The Balaban J connectivity index is 1.95. The zero-order valence-electron chi connectivity index (χ0n) is 11.4. The molecule has 1 saturated heterocycles. The van der Waals surface area contributed by atoms with E-state index in [2.05, 4.69) is 49.2 Å². The first-order valence-corrected chi connectivity index (χ1v) is 6.47. The van der Waals surface area contributed by atoms with Crippen molar-refractivity contribution in [3.63, 3.8) is 0 Å². The molecule has 1 aromatic rings. The van der Waals surface area contributed by atoms with Crippen LogP contribution in [0.3, 0.4) is 0 Å². The molecule has 0 bridgehead atoms. The standard InChI is InChI=1S/C13H24N4/c1-11(2)17-9-12(7-15-17)8-16-6-5-14-13(3,4)10-16/h7,9,11,14H,5-6,8,10H2,1-4H3. The van der Waals surface area contributed by atoms with Crippen LogP contribution < -0.4 is 5.32 Å². The summed E-state index contributed by atoms with van der Waals surface area (Å²) >= 11 is 0. The predicted octanol–water partition coefficient (Wildman–Crippen LogP) is 1.65. The maximum Gasteiger partial charge on any atom is 0.0534 e. The number of rotatable bonds is 3. The fraction of sp³-hybridized carbons (Fsp3) is 0.769. The minimum Gasteiger partial charge on any atom is -0.309 e. The van der Waals surface area contributed by atoms with Crippen molar-refractivity contribution in [2.75, 3.05) is 19.6 Å². The largest absolute Gasteiger partial charge is 0.309 e. The van der Waals surface area contributed by atoms with Gasteiger partial charge in [-0.15, -0.1) is 0 Å². The normalized spacial score (nSPS) is 21.0. The second-order valence-electron chi connectivity index (χ2n) is 5.94. The van der Waals surface area contributed by atoms with E-state index in [4.69, 9.17) is 0 Å². The number of piperazine rings is 1. The second-order valence-corrected chi connectivity index (χ2v) is 5.94. The zero-order valence-corrected chi connectivity index (χ0v) is 11.4. The van der Waals surface area contributed by atoms with Gasteiger partial charge in [0.2, 0.25) is 0 Å². The van der Waals surface area contributed by atoms with Gasteiger partial charge in [0.15, 0.2) is 0 Å². The van der Waals surface area contributed by atoms with E-state index < -0.39 is 0 Å². The van der Waals surface area contributed by atoms with Gasteiger partial charge < -0.3 is 5.32 Å². The monoisotopic (exact) mass is 236 g/mol. The van der Waals surface area contributed by atoms with Crippen LogP contribution in [0.25, 0.3) is 0 Å². The lowest BCUT2D eigenvalue weighted by atomic mass is 10.0. The Hall–Kier alpha value is -0.870. The van der Waals surface area contributed by atoms with E-state index in [1.165, 1.54) is 5.56 Å². The first-order valence-electron chi connectivity index (χ1n) is 6.47. The third-order valence-electron chi connectivity index (χ3n) is 3.24. The number of aromatic nitrogens is 2. The number of nitrogens with one attached hydrogen (secondary N) is 1. The van der Waals surface area contributed by atoms with E-state index in [1.54, 1.807) is 0 Å². The molecule has 1 aromatic heterocycles. The van der Waals surface area contributed by atoms with Crippen molar-refractivity contribution in [3.05, 3.63) is 18.0 Å². The van der Waals surface area contributed by atoms with Crippen molar-refractivity contribution < 1.29 is 0 Å². The van der Waals surface area contributed by atoms with E-state index in [0.717, 1.165) is 26.2 Å². The van der Waals surface area contributed by atoms with Gasteiger partial charge >= 0.3 is 0 Å². The van der Waals surface area contributed by atoms with Gasteiger partial charge in [-0.2, -0.15) is 5.10 Å². The molecule has 0 atom stereocenters. The zero-order chi connectivity index (χ0) is 12.5. The van der Waals surface area contributed by atoms with Crippen LogP contribution in [0, 0.1) is 0 Å². The molecule has 2 rings (SSSR count). The molecule has 0 unspecified atom stereocenters. The van der Waals surface area contributed by atoms with Gasteiger partial charge in [0, 0.05) is 49.5 Å². The third-order valence-corrected chi connectivity index (χ3v) is 3.24. The van der Waals surface area contributed by atoms with Gasteiger partial charge in [0.25, 0.3) is 0 Å². The summed E-state index contributed by atoms with van der Waals surface area (Å²) in [7, 11) is 0. The van der Waals surface area contributed by atoms with E-state index in [0.29, 0.717) is 6.04 Å². The van der Waals surface area contributed by atoms with E-state index >= 15 is 0 Å². The minimum atomic E-state index is 0.228. The Morgan fingerprint density at radius 1 is 1.47 bits per heavy atom. The van der Waals surface area contributed by atoms with Crippen LogP contribution >= 0.6 is 0 Å². The lowest BCUT2D eigenvalue weighted by Crippen LogP contribution is -2.56. The molecular formula is C13H24N4. The highest BCUT2D eigenvalue weighted by atomic mass is 15.3. The average molecular weight is 236 g/mol. The van der Waals surface area contributed by atoms with Crippen LogP contribution in [0.4, 0.5) is 0 Å². The van der Waals surface area contributed by atoms with Crippen molar-refractivity contribution in [2.24, 2.45) is 0 Å². The summed E-state index contributed by atoms with van der Waals surface area (Å²) in [6, 6.07) is 0.447. The molecular weight excluding hydrogens is 212 g/mol. The van der Waals surface area contributed by atoms with Crippen LogP contribution in [-0.2, 0) is 6.54 Å². The molecule has 0 radical (unpaired) electrons. The maximum absolute atomic E-state index is 4.39. The van der Waals surface area contributed by atoms with Crippen molar-refractivity contribution >= 4 is 0 Å². The fourth-order valence-corrected chi connectivity index (χ4v) is 2.38. The molecule has 1 aliphatic heterocycles. The molecule has 1 N–H and O–H groups in total. The SMILES string of the molecule is CC(C)n1cc(CN2CCNC(C)(C)C2)cn1. The molecule has 4 heteroatoms. The summed E-state index contributed by atoms with van der Waals surface area (Å²) in [5.74, 6) is 0. The van der Waals surface area contributed by atoms with Crippen molar-refractivity contribution in [1.29, 1.82) is 0 Å². The first kappa shape index (κ1) is 12.6. The molecule has 0 aliphatic carbocycles. The van der Waals surface area contributed by atoms with Crippen LogP contribution in [-0.4, -0.2) is 39.9 Å². The van der Waals surface area contributed by atoms with E-state index in [1.807, 2.05) is 10.9 Å². The summed E-state index contributed by atoms with van der Waals surface area (Å²) in [5, 5.41) is 7.93. The fourth-order valence-electron chi connectivity index (χ4n) is 2.38. The molecule has 0 aromatic carbocycles. The maximum atomic E-state index is 4.39. The summed E-state index contributed by atoms with van der Waals surface area (Å²) in [4.78, 5) is 2.50. The lowest BCUT2D eigenvalue weighted by Gasteiger charge is -2.38. The number of hydrogen-bond acceptors (Lipinski definition) is 3. The summed E-state index contributed by atoms with van der Waals surface area (Å²) in [5.41, 5.74) is 1.54. The van der Waals surface area contributed by atoms with Crippen molar-refractivity contribution in [2.45, 2.75) is 45.8 Å². The van der Waals surface area contributed by atoms with Crippen LogP contribution in [0.2, 0.25) is 0 Å². The molecule has 17 heavy (non-hydrogen) atoms. The molecule has 4 nitrogen and oxygen atoms in total. The van der Waals surface area contributed by atoms with E-state index in [-0.39, 0.29) is 5.54 Å². The molecule has 0 amide bonds. The highest BCUT2D eigenvalue weighted by Gasteiger charge is 2.25. The lowest BCUT2D eigenvalue weighted by molar-refractivity contribution is 0.148. The Kier molecular flexibility index (Phi) is 3.54. The van der Waals surface area contributed by atoms with Crippen LogP contribution in [0.1, 0.15) is 39.3 Å². The summed E-state index contributed by atoms with van der Waals surface area (Å²) in [6.07, 6.45) is 4.16.